The van der Waals surface area contributed by atoms with Gasteiger partial charge in [0, 0.05) is 13.1 Å². The molecule has 0 unspecified atom stereocenters. The fourth-order valence-corrected chi connectivity index (χ4v) is 2.61. The maximum Gasteiger partial charge on any atom is 0.246 e. The monoisotopic (exact) mass is 322 g/mol. The van der Waals surface area contributed by atoms with Gasteiger partial charge in [-0.05, 0) is 22.6 Å². The summed E-state index contributed by atoms with van der Waals surface area (Å²) >= 11 is 6.32. The fraction of sp³-hybridized carbons (Fsp3) is 0.385. The van der Waals surface area contributed by atoms with Crippen LogP contribution in [-0.2, 0) is 16.1 Å². The smallest absolute Gasteiger partial charge is 0.246 e. The van der Waals surface area contributed by atoms with Crippen LogP contribution in [0.2, 0.25) is 5.02 Å². The first kappa shape index (κ1) is 14.7. The van der Waals surface area contributed by atoms with Crippen molar-refractivity contribution in [2.24, 2.45) is 0 Å². The van der Waals surface area contributed by atoms with Crippen LogP contribution in [0.1, 0.15) is 0 Å². The van der Waals surface area contributed by atoms with Gasteiger partial charge < -0.3 is 15.0 Å². The first-order chi connectivity index (χ1) is 10.7. The maximum absolute atomic E-state index is 12.1. The van der Waals surface area contributed by atoms with Gasteiger partial charge in [0.15, 0.2) is 0 Å². The third-order valence-electron chi connectivity index (χ3n) is 3.29. The van der Waals surface area contributed by atoms with E-state index >= 15 is 0 Å². The molecular formula is C13H15ClN6O2. The van der Waals surface area contributed by atoms with E-state index in [1.165, 1.54) is 11.0 Å². The van der Waals surface area contributed by atoms with Crippen LogP contribution in [-0.4, -0.2) is 52.4 Å². The van der Waals surface area contributed by atoms with Gasteiger partial charge in [0.1, 0.15) is 12.9 Å². The molecule has 116 valence electrons. The van der Waals surface area contributed by atoms with E-state index in [1.807, 2.05) is 12.1 Å². The predicted octanol–water partition coefficient (Wildman–Crippen LogP) is 0.802. The van der Waals surface area contributed by atoms with E-state index in [1.54, 1.807) is 6.07 Å². The van der Waals surface area contributed by atoms with Crippen LogP contribution in [0.5, 0.6) is 0 Å². The highest BCUT2D eigenvalue weighted by atomic mass is 35.5. The fourth-order valence-electron chi connectivity index (χ4n) is 2.31. The number of tetrazole rings is 1. The molecule has 1 aromatic carbocycles. The van der Waals surface area contributed by atoms with Crippen molar-refractivity contribution in [1.29, 1.82) is 0 Å². The van der Waals surface area contributed by atoms with Crippen molar-refractivity contribution in [3.8, 4) is 0 Å². The SMILES string of the molecule is O=C(Cn1cnnn1)Nc1cccc(Cl)c1N1CCOCC1. The highest BCUT2D eigenvalue weighted by Crippen LogP contribution is 2.34. The number of hydrogen-bond acceptors (Lipinski definition) is 6. The van der Waals surface area contributed by atoms with E-state index in [2.05, 4.69) is 25.7 Å². The molecule has 22 heavy (non-hydrogen) atoms. The molecule has 0 aliphatic carbocycles. The summed E-state index contributed by atoms with van der Waals surface area (Å²) in [5.41, 5.74) is 1.49. The van der Waals surface area contributed by atoms with E-state index in [9.17, 15) is 4.79 Å². The van der Waals surface area contributed by atoms with Gasteiger partial charge >= 0.3 is 0 Å². The largest absolute Gasteiger partial charge is 0.378 e. The summed E-state index contributed by atoms with van der Waals surface area (Å²) in [7, 11) is 0. The molecule has 0 radical (unpaired) electrons. The molecule has 0 atom stereocenters. The van der Waals surface area contributed by atoms with Crippen LogP contribution < -0.4 is 10.2 Å². The van der Waals surface area contributed by atoms with Gasteiger partial charge in [0.25, 0.3) is 0 Å². The Balaban J connectivity index is 1.77. The van der Waals surface area contributed by atoms with Gasteiger partial charge in [-0.2, -0.15) is 0 Å². The second-order valence-corrected chi connectivity index (χ2v) is 5.20. The third-order valence-corrected chi connectivity index (χ3v) is 3.59. The lowest BCUT2D eigenvalue weighted by Gasteiger charge is -2.31. The van der Waals surface area contributed by atoms with Crippen LogP contribution in [0, 0.1) is 0 Å². The van der Waals surface area contributed by atoms with Gasteiger partial charge in [-0.15, -0.1) is 5.10 Å². The van der Waals surface area contributed by atoms with Crippen LogP contribution in [0.3, 0.4) is 0 Å². The number of para-hydroxylation sites is 1. The van der Waals surface area contributed by atoms with Crippen molar-refractivity contribution >= 4 is 28.9 Å². The molecular weight excluding hydrogens is 308 g/mol. The van der Waals surface area contributed by atoms with Gasteiger partial charge in [0.2, 0.25) is 5.91 Å². The molecule has 1 amide bonds. The Morgan fingerprint density at radius 3 is 2.91 bits per heavy atom. The number of carbonyl (C=O) groups is 1. The zero-order chi connectivity index (χ0) is 15.4. The molecule has 1 saturated heterocycles. The van der Waals surface area contributed by atoms with Gasteiger partial charge in [-0.1, -0.05) is 17.7 Å². The average molecular weight is 323 g/mol. The molecule has 0 spiro atoms. The third kappa shape index (κ3) is 3.34. The van der Waals surface area contributed by atoms with E-state index in [4.69, 9.17) is 16.3 Å². The van der Waals surface area contributed by atoms with E-state index in [0.29, 0.717) is 23.9 Å². The molecule has 2 heterocycles. The van der Waals surface area contributed by atoms with Crippen LogP contribution in [0.25, 0.3) is 0 Å². The number of morpholine rings is 1. The topological polar surface area (TPSA) is 85.2 Å². The number of amides is 1. The molecule has 2 aromatic rings. The highest BCUT2D eigenvalue weighted by Gasteiger charge is 2.19. The molecule has 1 N–H and O–H groups in total. The number of benzene rings is 1. The molecule has 3 rings (SSSR count). The first-order valence-corrected chi connectivity index (χ1v) is 7.23. The van der Waals surface area contributed by atoms with Gasteiger partial charge in [-0.25, -0.2) is 4.68 Å². The number of ether oxygens (including phenoxy) is 1. The quantitative estimate of drug-likeness (QED) is 0.896. The van der Waals surface area contributed by atoms with Crippen molar-refractivity contribution in [1.82, 2.24) is 20.2 Å². The van der Waals surface area contributed by atoms with E-state index in [-0.39, 0.29) is 12.5 Å². The lowest BCUT2D eigenvalue weighted by Crippen LogP contribution is -2.37. The maximum atomic E-state index is 12.1. The second-order valence-electron chi connectivity index (χ2n) is 4.79. The van der Waals surface area contributed by atoms with Crippen LogP contribution in [0.4, 0.5) is 11.4 Å². The number of anilines is 2. The average Bonchev–Trinajstić information content (AvgIpc) is 3.01. The summed E-state index contributed by atoms with van der Waals surface area (Å²) in [5, 5.41) is 14.1. The Bertz CT molecular complexity index is 642. The van der Waals surface area contributed by atoms with E-state index in [0.717, 1.165) is 18.8 Å². The lowest BCUT2D eigenvalue weighted by molar-refractivity contribution is -0.116. The Hall–Kier alpha value is -2.19. The van der Waals surface area contributed by atoms with Gasteiger partial charge in [0.05, 0.1) is 29.6 Å². The second kappa shape index (κ2) is 6.71. The van der Waals surface area contributed by atoms with Crippen molar-refractivity contribution in [3.05, 3.63) is 29.5 Å². The van der Waals surface area contributed by atoms with Crippen molar-refractivity contribution in [2.45, 2.75) is 6.54 Å². The number of nitrogens with zero attached hydrogens (tertiary/aromatic N) is 5. The minimum absolute atomic E-state index is 0.0437. The number of hydrogen-bond donors (Lipinski definition) is 1. The first-order valence-electron chi connectivity index (χ1n) is 6.86. The molecule has 0 saturated carbocycles. The van der Waals surface area contributed by atoms with Crippen LogP contribution >= 0.6 is 11.6 Å². The van der Waals surface area contributed by atoms with Crippen LogP contribution in [0.15, 0.2) is 24.5 Å². The minimum atomic E-state index is -0.218. The summed E-state index contributed by atoms with van der Waals surface area (Å²) < 4.78 is 6.71. The predicted molar refractivity (Wildman–Crippen MR) is 80.9 cm³/mol. The molecule has 1 fully saturated rings. The Labute approximate surface area is 132 Å². The summed E-state index contributed by atoms with van der Waals surface area (Å²) in [4.78, 5) is 14.2. The molecule has 1 aliphatic heterocycles. The number of nitrogens with one attached hydrogen (secondary N) is 1. The summed E-state index contributed by atoms with van der Waals surface area (Å²) in [5.74, 6) is -0.218. The zero-order valence-electron chi connectivity index (χ0n) is 11.8. The number of aromatic nitrogens is 4. The lowest BCUT2D eigenvalue weighted by atomic mass is 10.2. The normalized spacial score (nSPS) is 14.9. The van der Waals surface area contributed by atoms with Crippen molar-refractivity contribution in [2.75, 3.05) is 36.5 Å². The molecule has 1 aromatic heterocycles. The summed E-state index contributed by atoms with van der Waals surface area (Å²) in [6.45, 7) is 2.80. The standard InChI is InChI=1S/C13H15ClN6O2/c14-10-2-1-3-11(13(10)19-4-6-22-7-5-19)16-12(21)8-20-9-15-17-18-20/h1-3,9H,4-8H2,(H,16,21). The van der Waals surface area contributed by atoms with Crippen molar-refractivity contribution < 1.29 is 9.53 Å². The zero-order valence-corrected chi connectivity index (χ0v) is 12.5. The summed E-state index contributed by atoms with van der Waals surface area (Å²) in [6.07, 6.45) is 1.39. The Morgan fingerprint density at radius 1 is 1.36 bits per heavy atom. The molecule has 0 bridgehead atoms. The number of rotatable bonds is 4. The number of carbonyl (C=O) groups excluding carboxylic acids is 1. The van der Waals surface area contributed by atoms with E-state index < -0.39 is 0 Å². The Kier molecular flexibility index (Phi) is 4.50. The number of halogens is 1. The molecule has 9 heteroatoms. The summed E-state index contributed by atoms with van der Waals surface area (Å²) in [6, 6.07) is 5.44. The Morgan fingerprint density at radius 2 is 2.18 bits per heavy atom. The van der Waals surface area contributed by atoms with Crippen molar-refractivity contribution in [3.63, 3.8) is 0 Å². The molecule has 1 aliphatic rings. The highest BCUT2D eigenvalue weighted by molar-refractivity contribution is 6.34. The molecule has 8 nitrogen and oxygen atoms in total. The van der Waals surface area contributed by atoms with Gasteiger partial charge in [-0.3, -0.25) is 4.79 Å². The minimum Gasteiger partial charge on any atom is -0.378 e.